The first-order valence-corrected chi connectivity index (χ1v) is 9.94. The van der Waals surface area contributed by atoms with E-state index in [0.29, 0.717) is 23.5 Å². The molecule has 0 unspecified atom stereocenters. The Morgan fingerprint density at radius 3 is 2.58 bits per heavy atom. The molecule has 1 saturated heterocycles. The maximum Gasteiger partial charge on any atom is 0.323 e. The van der Waals surface area contributed by atoms with Crippen LogP contribution in [0.15, 0.2) is 42.5 Å². The number of rotatable bonds is 5. The van der Waals surface area contributed by atoms with E-state index in [2.05, 4.69) is 10.6 Å². The van der Waals surface area contributed by atoms with Gasteiger partial charge in [-0.1, -0.05) is 0 Å². The number of fused-ring (bicyclic) bond motifs is 3. The number of carbonyl (C=O) groups is 2. The summed E-state index contributed by atoms with van der Waals surface area (Å²) in [6.07, 6.45) is -0.743. The minimum Gasteiger partial charge on any atom is -0.487 e. The van der Waals surface area contributed by atoms with Gasteiger partial charge in [0.05, 0.1) is 26.2 Å². The van der Waals surface area contributed by atoms with E-state index in [0.717, 1.165) is 5.56 Å². The van der Waals surface area contributed by atoms with E-state index >= 15 is 0 Å². The van der Waals surface area contributed by atoms with Crippen LogP contribution in [0.4, 0.5) is 20.6 Å². The topological polar surface area (TPSA) is 106 Å². The highest BCUT2D eigenvalue weighted by molar-refractivity contribution is 5.99. The van der Waals surface area contributed by atoms with Crippen LogP contribution in [-0.2, 0) is 14.3 Å². The van der Waals surface area contributed by atoms with Crippen LogP contribution in [0.1, 0.15) is 24.3 Å². The molecule has 9 heteroatoms. The largest absolute Gasteiger partial charge is 0.487 e. The summed E-state index contributed by atoms with van der Waals surface area (Å²) >= 11 is 0. The zero-order valence-corrected chi connectivity index (χ0v) is 16.8. The van der Waals surface area contributed by atoms with Crippen molar-refractivity contribution in [2.24, 2.45) is 0 Å². The summed E-state index contributed by atoms with van der Waals surface area (Å²) < 4.78 is 29.6. The van der Waals surface area contributed by atoms with E-state index in [1.807, 2.05) is 6.07 Å². The Kier molecular flexibility index (Phi) is 6.06. The van der Waals surface area contributed by atoms with E-state index in [-0.39, 0.29) is 36.8 Å². The van der Waals surface area contributed by atoms with Gasteiger partial charge in [-0.2, -0.15) is 0 Å². The van der Waals surface area contributed by atoms with Crippen LogP contribution < -0.4 is 15.4 Å². The second kappa shape index (κ2) is 8.91. The second-order valence-electron chi connectivity index (χ2n) is 7.52. The lowest BCUT2D eigenvalue weighted by atomic mass is 9.84. The van der Waals surface area contributed by atoms with Gasteiger partial charge in [-0.25, -0.2) is 9.18 Å². The molecule has 0 spiro atoms. The monoisotopic (exact) mass is 430 g/mol. The van der Waals surface area contributed by atoms with Crippen LogP contribution in [0.2, 0.25) is 0 Å². The Morgan fingerprint density at radius 2 is 1.87 bits per heavy atom. The summed E-state index contributed by atoms with van der Waals surface area (Å²) in [5.41, 5.74) is 1.89. The molecule has 0 aromatic heterocycles. The molecule has 4 atom stereocenters. The molecule has 2 aromatic carbocycles. The molecule has 2 heterocycles. The van der Waals surface area contributed by atoms with Crippen LogP contribution in [0.5, 0.6) is 5.75 Å². The van der Waals surface area contributed by atoms with Crippen molar-refractivity contribution in [1.29, 1.82) is 0 Å². The molecule has 2 aliphatic heterocycles. The number of methoxy groups -OCH3 is 1. The Balaban J connectivity index is 1.48. The predicted molar refractivity (Wildman–Crippen MR) is 110 cm³/mol. The van der Waals surface area contributed by atoms with Crippen LogP contribution in [0, 0.1) is 5.82 Å². The van der Waals surface area contributed by atoms with Gasteiger partial charge in [-0.3, -0.25) is 4.79 Å². The molecule has 31 heavy (non-hydrogen) atoms. The maximum absolute atomic E-state index is 13.0. The highest BCUT2D eigenvalue weighted by atomic mass is 19.1. The van der Waals surface area contributed by atoms with Crippen molar-refractivity contribution < 1.29 is 33.3 Å². The lowest BCUT2D eigenvalue weighted by Crippen LogP contribution is -2.46. The summed E-state index contributed by atoms with van der Waals surface area (Å²) in [4.78, 5) is 24.0. The first-order valence-electron chi connectivity index (χ1n) is 9.94. The van der Waals surface area contributed by atoms with Gasteiger partial charge in [0.15, 0.2) is 0 Å². The maximum atomic E-state index is 13.0. The number of hydrogen-bond acceptors (Lipinski definition) is 6. The average molecular weight is 430 g/mol. The van der Waals surface area contributed by atoms with Gasteiger partial charge in [0, 0.05) is 22.9 Å². The third-order valence-electron chi connectivity index (χ3n) is 5.48. The number of anilines is 2. The Hall–Kier alpha value is -3.17. The van der Waals surface area contributed by atoms with Crippen molar-refractivity contribution in [2.45, 2.75) is 37.1 Å². The summed E-state index contributed by atoms with van der Waals surface area (Å²) in [6, 6.07) is 10.3. The highest BCUT2D eigenvalue weighted by Crippen LogP contribution is 2.47. The van der Waals surface area contributed by atoms with Crippen LogP contribution >= 0.6 is 0 Å². The van der Waals surface area contributed by atoms with E-state index in [4.69, 9.17) is 14.2 Å². The Bertz CT molecular complexity index is 967. The lowest BCUT2D eigenvalue weighted by molar-refractivity contribution is -0.156. The summed E-state index contributed by atoms with van der Waals surface area (Å²) in [7, 11) is 1.32. The molecule has 0 saturated carbocycles. The molecule has 2 amide bonds. The molecule has 2 aliphatic rings. The SMILES string of the molecule is COC(=O)C[C@H]1C[C@H]2c3cc(NC(=O)Nc4ccc(F)cc4)ccc3O[C@H]2[C@@H](CO)O1. The van der Waals surface area contributed by atoms with Crippen molar-refractivity contribution >= 4 is 23.4 Å². The number of carbonyl (C=O) groups excluding carboxylic acids is 2. The first-order chi connectivity index (χ1) is 15.0. The number of urea groups is 1. The Labute approximate surface area is 178 Å². The summed E-state index contributed by atoms with van der Waals surface area (Å²) in [6.45, 7) is -0.238. The van der Waals surface area contributed by atoms with E-state index < -0.39 is 18.2 Å². The molecule has 8 nitrogen and oxygen atoms in total. The van der Waals surface area contributed by atoms with Gasteiger partial charge in [-0.15, -0.1) is 0 Å². The van der Waals surface area contributed by atoms with Crippen LogP contribution in [0.3, 0.4) is 0 Å². The molecule has 0 bridgehead atoms. The third kappa shape index (κ3) is 4.62. The smallest absolute Gasteiger partial charge is 0.323 e. The number of amides is 2. The van der Waals surface area contributed by atoms with Gasteiger partial charge in [0.2, 0.25) is 0 Å². The van der Waals surface area contributed by atoms with Crippen molar-refractivity contribution in [3.63, 3.8) is 0 Å². The average Bonchev–Trinajstić information content (AvgIpc) is 3.12. The summed E-state index contributed by atoms with van der Waals surface area (Å²) in [5, 5.41) is 15.1. The molecule has 4 rings (SSSR count). The van der Waals surface area contributed by atoms with E-state index in [1.165, 1.54) is 31.4 Å². The molecule has 3 N–H and O–H groups in total. The fourth-order valence-electron chi connectivity index (χ4n) is 4.06. The van der Waals surface area contributed by atoms with E-state index in [9.17, 15) is 19.1 Å². The number of aliphatic hydroxyl groups is 1. The van der Waals surface area contributed by atoms with Gasteiger partial charge in [-0.05, 0) is 48.9 Å². The normalized spacial score (nSPS) is 23.8. The number of nitrogens with one attached hydrogen (secondary N) is 2. The predicted octanol–water partition coefficient (Wildman–Crippen LogP) is 3.03. The molecule has 2 aromatic rings. The Morgan fingerprint density at radius 1 is 1.16 bits per heavy atom. The van der Waals surface area contributed by atoms with Crippen molar-refractivity contribution in [3.05, 3.63) is 53.8 Å². The van der Waals surface area contributed by atoms with E-state index in [1.54, 1.807) is 12.1 Å². The molecule has 0 radical (unpaired) electrons. The minimum absolute atomic E-state index is 0.0869. The number of hydrogen-bond donors (Lipinski definition) is 3. The molecular weight excluding hydrogens is 407 g/mol. The molecule has 164 valence electrons. The second-order valence-corrected chi connectivity index (χ2v) is 7.52. The number of halogens is 1. The zero-order valence-electron chi connectivity index (χ0n) is 16.8. The number of esters is 1. The van der Waals surface area contributed by atoms with Gasteiger partial charge >= 0.3 is 12.0 Å². The van der Waals surface area contributed by atoms with Gasteiger partial charge in [0.25, 0.3) is 0 Å². The lowest BCUT2D eigenvalue weighted by Gasteiger charge is -2.36. The van der Waals surface area contributed by atoms with Crippen molar-refractivity contribution in [1.82, 2.24) is 0 Å². The first kappa shape index (κ1) is 21.1. The van der Waals surface area contributed by atoms with Gasteiger partial charge < -0.3 is 30.0 Å². The quantitative estimate of drug-likeness (QED) is 0.630. The van der Waals surface area contributed by atoms with Crippen molar-refractivity contribution in [2.75, 3.05) is 24.4 Å². The zero-order chi connectivity index (χ0) is 22.0. The number of aliphatic hydroxyl groups excluding tert-OH is 1. The molecule has 1 fully saturated rings. The third-order valence-corrected chi connectivity index (χ3v) is 5.48. The minimum atomic E-state index is -0.570. The summed E-state index contributed by atoms with van der Waals surface area (Å²) in [5.74, 6) is -0.216. The van der Waals surface area contributed by atoms with Gasteiger partial charge in [0.1, 0.15) is 23.8 Å². The van der Waals surface area contributed by atoms with Crippen molar-refractivity contribution in [3.8, 4) is 5.75 Å². The standard InChI is InChI=1S/C22H23FN2O6/c1-29-20(27)10-15-9-17-16-8-14(6-7-18(16)31-21(17)19(11-26)30-15)25-22(28)24-13-4-2-12(23)3-5-13/h2-8,15,17,19,21,26H,9-11H2,1H3,(H2,24,25,28)/t15-,17+,19-,21-/m1/s1. The number of ether oxygens (including phenoxy) is 3. The highest BCUT2D eigenvalue weighted by Gasteiger charge is 2.46. The fourth-order valence-corrected chi connectivity index (χ4v) is 4.06. The molecule has 0 aliphatic carbocycles. The molecular formula is C22H23FN2O6. The number of benzene rings is 2. The van der Waals surface area contributed by atoms with Crippen LogP contribution in [-0.4, -0.2) is 49.1 Å². The van der Waals surface area contributed by atoms with Crippen LogP contribution in [0.25, 0.3) is 0 Å². The fraction of sp³-hybridized carbons (Fsp3) is 0.364.